The topological polar surface area (TPSA) is 143 Å². The normalized spacial score (nSPS) is 12.6. The Balaban J connectivity index is 1.30. The maximum Gasteiger partial charge on any atom is 0.341 e. The minimum absolute atomic E-state index is 0.164. The highest BCUT2D eigenvalue weighted by Gasteiger charge is 2.20. The molecule has 0 bridgehead atoms. The second-order valence-corrected chi connectivity index (χ2v) is 12.0. The molecule has 1 heterocycles. The number of hydrogen-bond acceptors (Lipinski definition) is 7. The van der Waals surface area contributed by atoms with Crippen molar-refractivity contribution in [2.75, 3.05) is 17.9 Å². The summed E-state index contributed by atoms with van der Waals surface area (Å²) >= 11 is 0. The molecular weight excluding hydrogens is 544 g/mol. The van der Waals surface area contributed by atoms with E-state index in [4.69, 9.17) is 9.84 Å². The van der Waals surface area contributed by atoms with Crippen LogP contribution in [0.1, 0.15) is 31.9 Å². The van der Waals surface area contributed by atoms with Gasteiger partial charge in [-0.25, -0.2) is 18.2 Å². The number of anilines is 1. The van der Waals surface area contributed by atoms with E-state index in [1.54, 1.807) is 67.0 Å². The molecule has 1 aromatic heterocycles. The van der Waals surface area contributed by atoms with E-state index < -0.39 is 28.7 Å². The fourth-order valence-corrected chi connectivity index (χ4v) is 5.20. The Morgan fingerprint density at radius 2 is 1.80 bits per heavy atom. The number of β-amino-alcohol motifs (C(OH)–C–C–N with tert-alkyl or cyclic N) is 1. The number of nitrogens with zero attached hydrogens (tertiary/aromatic N) is 2. The molecule has 216 valence electrons. The van der Waals surface area contributed by atoms with Crippen LogP contribution in [-0.2, 0) is 21.4 Å². The van der Waals surface area contributed by atoms with Crippen LogP contribution in [0.25, 0.3) is 11.3 Å². The molecule has 0 aliphatic rings. The number of benzene rings is 3. The zero-order valence-corrected chi connectivity index (χ0v) is 23.7. The first-order valence-corrected chi connectivity index (χ1v) is 14.6. The number of aliphatic carboxylic acids is 1. The Morgan fingerprint density at radius 3 is 2.56 bits per heavy atom. The number of rotatable bonds is 14. The SMILES string of the molecule is CC(C)(CCn1cnc(-c2cccc(OCC(=O)O)c2)c1)NCC(O)c1cccc(NS(=O)(=O)c2ccccc2)c1. The van der Waals surface area contributed by atoms with E-state index in [1.807, 2.05) is 30.7 Å². The van der Waals surface area contributed by atoms with Crippen molar-refractivity contribution < 1.29 is 28.2 Å². The molecule has 4 aromatic rings. The molecule has 4 N–H and O–H groups in total. The number of ether oxygens (including phenoxy) is 1. The van der Waals surface area contributed by atoms with Crippen LogP contribution in [0.4, 0.5) is 5.69 Å². The maximum atomic E-state index is 12.7. The third-order valence-electron chi connectivity index (χ3n) is 6.47. The molecule has 0 aliphatic carbocycles. The average molecular weight is 579 g/mol. The summed E-state index contributed by atoms with van der Waals surface area (Å²) in [5.74, 6) is -0.578. The van der Waals surface area contributed by atoms with Gasteiger partial charge < -0.3 is 24.8 Å². The summed E-state index contributed by atoms with van der Waals surface area (Å²) in [6.07, 6.45) is 3.57. The molecule has 0 spiro atoms. The van der Waals surface area contributed by atoms with Gasteiger partial charge in [-0.2, -0.15) is 0 Å². The standard InChI is InChI=1S/C30H34N4O6S/c1-30(2,14-15-34-19-27(31-21-34)22-8-7-11-25(17-22)40-20-29(36)37)32-18-28(35)23-9-6-10-24(16-23)33-41(38,39)26-12-4-3-5-13-26/h3-13,16-17,19,21,28,32-33,35H,14-15,18,20H2,1-2H3,(H,36,37). The van der Waals surface area contributed by atoms with Gasteiger partial charge in [0.1, 0.15) is 5.75 Å². The Morgan fingerprint density at radius 1 is 1.05 bits per heavy atom. The van der Waals surface area contributed by atoms with Crippen LogP contribution < -0.4 is 14.8 Å². The molecule has 0 radical (unpaired) electrons. The maximum absolute atomic E-state index is 12.7. The predicted octanol–water partition coefficient (Wildman–Crippen LogP) is 4.31. The van der Waals surface area contributed by atoms with Crippen LogP contribution in [0.15, 0.2) is 96.3 Å². The van der Waals surface area contributed by atoms with Gasteiger partial charge in [-0.1, -0.05) is 42.5 Å². The van der Waals surface area contributed by atoms with Crippen LogP contribution >= 0.6 is 0 Å². The summed E-state index contributed by atoms with van der Waals surface area (Å²) in [5, 5.41) is 23.1. The smallest absolute Gasteiger partial charge is 0.341 e. The molecule has 1 atom stereocenters. The van der Waals surface area contributed by atoms with Gasteiger partial charge in [-0.15, -0.1) is 0 Å². The summed E-state index contributed by atoms with van der Waals surface area (Å²) in [6, 6.07) is 22.0. The second-order valence-electron chi connectivity index (χ2n) is 10.3. The van der Waals surface area contributed by atoms with E-state index in [1.165, 1.54) is 12.1 Å². The van der Waals surface area contributed by atoms with E-state index in [-0.39, 0.29) is 17.0 Å². The quantitative estimate of drug-likeness (QED) is 0.173. The Hall–Kier alpha value is -4.19. The van der Waals surface area contributed by atoms with Gasteiger partial charge in [0.2, 0.25) is 0 Å². The van der Waals surface area contributed by atoms with Crippen molar-refractivity contribution in [3.8, 4) is 17.0 Å². The molecule has 0 fully saturated rings. The third-order valence-corrected chi connectivity index (χ3v) is 7.87. The number of aromatic nitrogens is 2. The third kappa shape index (κ3) is 8.65. The highest BCUT2D eigenvalue weighted by atomic mass is 32.2. The fraction of sp³-hybridized carbons (Fsp3) is 0.267. The first kappa shape index (κ1) is 29.8. The van der Waals surface area contributed by atoms with E-state index in [0.29, 0.717) is 23.5 Å². The minimum atomic E-state index is -3.73. The van der Waals surface area contributed by atoms with Gasteiger partial charge in [-0.3, -0.25) is 4.72 Å². The monoisotopic (exact) mass is 578 g/mol. The zero-order valence-electron chi connectivity index (χ0n) is 22.9. The number of sulfonamides is 1. The van der Waals surface area contributed by atoms with Gasteiger partial charge in [-0.05, 0) is 62.2 Å². The van der Waals surface area contributed by atoms with Gasteiger partial charge in [0.05, 0.1) is 23.0 Å². The number of aliphatic hydroxyl groups is 1. The zero-order chi connectivity index (χ0) is 29.5. The number of carboxylic acid groups (broad SMARTS) is 1. The summed E-state index contributed by atoms with van der Waals surface area (Å²) < 4.78 is 35.1. The van der Waals surface area contributed by atoms with Crippen LogP contribution in [0.2, 0.25) is 0 Å². The van der Waals surface area contributed by atoms with E-state index >= 15 is 0 Å². The van der Waals surface area contributed by atoms with Gasteiger partial charge in [0, 0.05) is 36.1 Å². The highest BCUT2D eigenvalue weighted by molar-refractivity contribution is 7.92. The van der Waals surface area contributed by atoms with Gasteiger partial charge in [0.25, 0.3) is 10.0 Å². The van der Waals surface area contributed by atoms with E-state index in [9.17, 15) is 18.3 Å². The molecule has 3 aromatic carbocycles. The molecular formula is C30H34N4O6S. The molecule has 0 aliphatic heterocycles. The summed E-state index contributed by atoms with van der Waals surface area (Å²) in [4.78, 5) is 15.4. The lowest BCUT2D eigenvalue weighted by Gasteiger charge is -2.28. The number of aryl methyl sites for hydroxylation is 1. The lowest BCUT2D eigenvalue weighted by Crippen LogP contribution is -2.42. The average Bonchev–Trinajstić information content (AvgIpc) is 3.44. The molecule has 0 amide bonds. The Bertz CT molecular complexity index is 1570. The molecule has 11 heteroatoms. The summed E-state index contributed by atoms with van der Waals surface area (Å²) in [7, 11) is -3.73. The number of carboxylic acids is 1. The molecule has 10 nitrogen and oxygen atoms in total. The first-order valence-electron chi connectivity index (χ1n) is 13.1. The molecule has 0 saturated heterocycles. The number of aliphatic hydroxyl groups excluding tert-OH is 1. The van der Waals surface area contributed by atoms with Crippen molar-refractivity contribution >= 4 is 21.7 Å². The van der Waals surface area contributed by atoms with Crippen molar-refractivity contribution in [3.05, 3.63) is 97.0 Å². The lowest BCUT2D eigenvalue weighted by atomic mass is 9.99. The number of hydrogen-bond donors (Lipinski definition) is 4. The number of carbonyl (C=O) groups is 1. The van der Waals surface area contributed by atoms with Gasteiger partial charge >= 0.3 is 5.97 Å². The summed E-state index contributed by atoms with van der Waals surface area (Å²) in [6.45, 7) is 4.64. The van der Waals surface area contributed by atoms with E-state index in [2.05, 4.69) is 15.0 Å². The number of imidazole rings is 1. The highest BCUT2D eigenvalue weighted by Crippen LogP contribution is 2.24. The minimum Gasteiger partial charge on any atom is -0.482 e. The van der Waals surface area contributed by atoms with Crippen LogP contribution in [0.5, 0.6) is 5.75 Å². The first-order chi connectivity index (χ1) is 19.5. The van der Waals surface area contributed by atoms with Crippen molar-refractivity contribution in [3.63, 3.8) is 0 Å². The largest absolute Gasteiger partial charge is 0.482 e. The number of nitrogens with one attached hydrogen (secondary N) is 2. The fourth-order valence-electron chi connectivity index (χ4n) is 4.13. The van der Waals surface area contributed by atoms with Crippen molar-refractivity contribution in [2.45, 2.75) is 43.4 Å². The Kier molecular flexibility index (Phi) is 9.43. The van der Waals surface area contributed by atoms with Crippen molar-refractivity contribution in [2.24, 2.45) is 0 Å². The Labute approximate surface area is 239 Å². The lowest BCUT2D eigenvalue weighted by molar-refractivity contribution is -0.139. The molecule has 0 saturated carbocycles. The predicted molar refractivity (Wildman–Crippen MR) is 156 cm³/mol. The van der Waals surface area contributed by atoms with Crippen LogP contribution in [0.3, 0.4) is 0 Å². The summed E-state index contributed by atoms with van der Waals surface area (Å²) in [5.41, 5.74) is 2.22. The van der Waals surface area contributed by atoms with E-state index in [0.717, 1.165) is 17.7 Å². The van der Waals surface area contributed by atoms with Crippen molar-refractivity contribution in [1.82, 2.24) is 14.9 Å². The van der Waals surface area contributed by atoms with Crippen molar-refractivity contribution in [1.29, 1.82) is 0 Å². The molecule has 4 rings (SSSR count). The van der Waals surface area contributed by atoms with Crippen LogP contribution in [-0.4, -0.2) is 52.8 Å². The van der Waals surface area contributed by atoms with Crippen LogP contribution in [0, 0.1) is 0 Å². The molecule has 41 heavy (non-hydrogen) atoms. The second kappa shape index (κ2) is 13.0. The molecule has 1 unspecified atom stereocenters. The van der Waals surface area contributed by atoms with Gasteiger partial charge in [0.15, 0.2) is 6.61 Å².